The lowest BCUT2D eigenvalue weighted by molar-refractivity contribution is 0.0978. The van der Waals surface area contributed by atoms with Gasteiger partial charge in [-0.2, -0.15) is 0 Å². The van der Waals surface area contributed by atoms with E-state index in [0.29, 0.717) is 28.7 Å². The molecular weight excluding hydrogens is 390 g/mol. The zero-order valence-electron chi connectivity index (χ0n) is 17.1. The molecule has 0 N–H and O–H groups in total. The number of amides is 1. The summed E-state index contributed by atoms with van der Waals surface area (Å²) in [7, 11) is 3.21. The van der Waals surface area contributed by atoms with Crippen molar-refractivity contribution in [2.45, 2.75) is 13.8 Å². The maximum Gasteiger partial charge on any atom is 0.280 e. The molecule has 9 heteroatoms. The zero-order chi connectivity index (χ0) is 20.8. The number of methoxy groups -OCH3 is 2. The van der Waals surface area contributed by atoms with E-state index in [1.807, 2.05) is 12.1 Å². The van der Waals surface area contributed by atoms with Crippen molar-refractivity contribution in [3.05, 3.63) is 36.4 Å². The second-order valence-corrected chi connectivity index (χ2v) is 7.20. The van der Waals surface area contributed by atoms with Gasteiger partial charge in [0.2, 0.25) is 0 Å². The second kappa shape index (κ2) is 9.62. The number of nitrogens with zero attached hydrogens (tertiary/aromatic N) is 5. The summed E-state index contributed by atoms with van der Waals surface area (Å²) in [6.07, 6.45) is 4.53. The molecule has 8 nitrogen and oxygen atoms in total. The molecule has 1 amide bonds. The van der Waals surface area contributed by atoms with Crippen LogP contribution in [-0.4, -0.2) is 66.2 Å². The number of anilines is 1. The number of hydrogen-bond donors (Lipinski definition) is 0. The van der Waals surface area contributed by atoms with Crippen LogP contribution in [0.5, 0.6) is 11.5 Å². The molecule has 154 valence electrons. The van der Waals surface area contributed by atoms with Crippen molar-refractivity contribution in [2.24, 2.45) is 0 Å². The predicted molar refractivity (Wildman–Crippen MR) is 114 cm³/mol. The van der Waals surface area contributed by atoms with Gasteiger partial charge < -0.3 is 14.4 Å². The molecule has 0 atom stereocenters. The SMILES string of the molecule is CCN(CC)CCN(C(=O)c1cnccn1)c1nc2c(OC)ccc(OC)c2s1. The molecule has 0 aliphatic carbocycles. The van der Waals surface area contributed by atoms with Gasteiger partial charge in [0.05, 0.1) is 20.4 Å². The van der Waals surface area contributed by atoms with Crippen molar-refractivity contribution >= 4 is 32.6 Å². The molecular formula is C20H25N5O3S. The molecule has 0 saturated heterocycles. The van der Waals surface area contributed by atoms with E-state index in [-0.39, 0.29) is 11.6 Å². The topological polar surface area (TPSA) is 80.7 Å². The van der Waals surface area contributed by atoms with Crippen LogP contribution < -0.4 is 14.4 Å². The Morgan fingerprint density at radius 1 is 1.07 bits per heavy atom. The summed E-state index contributed by atoms with van der Waals surface area (Å²) in [5.74, 6) is 1.10. The molecule has 29 heavy (non-hydrogen) atoms. The highest BCUT2D eigenvalue weighted by Gasteiger charge is 2.25. The van der Waals surface area contributed by atoms with Crippen LogP contribution >= 0.6 is 11.3 Å². The second-order valence-electron chi connectivity index (χ2n) is 6.22. The summed E-state index contributed by atoms with van der Waals surface area (Å²) in [5, 5.41) is 0.575. The summed E-state index contributed by atoms with van der Waals surface area (Å²) in [4.78, 5) is 30.1. The van der Waals surface area contributed by atoms with Gasteiger partial charge in [-0.25, -0.2) is 9.97 Å². The number of fused-ring (bicyclic) bond motifs is 1. The molecule has 0 unspecified atom stereocenters. The number of rotatable bonds is 9. The number of ether oxygens (including phenoxy) is 2. The summed E-state index contributed by atoms with van der Waals surface area (Å²) in [6.45, 7) is 7.23. The molecule has 0 aliphatic rings. The summed E-state index contributed by atoms with van der Waals surface area (Å²) < 4.78 is 11.8. The third-order valence-corrected chi connectivity index (χ3v) is 5.78. The smallest absolute Gasteiger partial charge is 0.280 e. The fourth-order valence-electron chi connectivity index (χ4n) is 3.00. The van der Waals surface area contributed by atoms with Crippen LogP contribution in [0.25, 0.3) is 10.2 Å². The first kappa shape index (κ1) is 20.9. The summed E-state index contributed by atoms with van der Waals surface area (Å²) in [5.41, 5.74) is 0.955. The molecule has 3 rings (SSSR count). The fourth-order valence-corrected chi connectivity index (χ4v) is 4.10. The van der Waals surface area contributed by atoms with Crippen LogP contribution in [0.3, 0.4) is 0 Å². The monoisotopic (exact) mass is 415 g/mol. The molecule has 3 aromatic rings. The molecule has 0 radical (unpaired) electrons. The van der Waals surface area contributed by atoms with Gasteiger partial charge in [-0.1, -0.05) is 25.2 Å². The molecule has 0 fully saturated rings. The Morgan fingerprint density at radius 3 is 2.41 bits per heavy atom. The molecule has 2 aromatic heterocycles. The van der Waals surface area contributed by atoms with Gasteiger partial charge in [-0.05, 0) is 25.2 Å². The number of hydrogen-bond acceptors (Lipinski definition) is 8. The third kappa shape index (κ3) is 4.46. The number of benzene rings is 1. The van der Waals surface area contributed by atoms with Gasteiger partial charge in [-0.15, -0.1) is 0 Å². The van der Waals surface area contributed by atoms with Crippen molar-refractivity contribution in [1.29, 1.82) is 0 Å². The first-order valence-corrected chi connectivity index (χ1v) is 10.3. The van der Waals surface area contributed by atoms with Crippen LogP contribution in [-0.2, 0) is 0 Å². The Morgan fingerprint density at radius 2 is 1.79 bits per heavy atom. The fraction of sp³-hybridized carbons (Fsp3) is 0.400. The highest BCUT2D eigenvalue weighted by atomic mass is 32.1. The molecule has 1 aromatic carbocycles. The Balaban J connectivity index is 2.04. The van der Waals surface area contributed by atoms with E-state index < -0.39 is 0 Å². The predicted octanol–water partition coefficient (Wildman–Crippen LogP) is 3.09. The Labute approximate surface area is 174 Å². The van der Waals surface area contributed by atoms with Crippen LogP contribution in [0.4, 0.5) is 5.13 Å². The normalized spacial score (nSPS) is 11.1. The van der Waals surface area contributed by atoms with Crippen LogP contribution in [0.15, 0.2) is 30.7 Å². The molecule has 0 bridgehead atoms. The lowest BCUT2D eigenvalue weighted by Crippen LogP contribution is -2.39. The number of aromatic nitrogens is 3. The Hall–Kier alpha value is -2.78. The number of likely N-dealkylation sites (N-methyl/N-ethyl adjacent to an activating group) is 1. The quantitative estimate of drug-likeness (QED) is 0.531. The minimum Gasteiger partial charge on any atom is -0.495 e. The number of thiazole rings is 1. The van der Waals surface area contributed by atoms with E-state index in [1.54, 1.807) is 25.3 Å². The van der Waals surface area contributed by atoms with Gasteiger partial charge in [0, 0.05) is 25.5 Å². The standard InChI is InChI=1S/C20H25N5O3S/c1-5-24(6-2)11-12-25(19(26)14-13-21-9-10-22-14)20-23-17-15(27-3)7-8-16(28-4)18(17)29-20/h7-10,13H,5-6,11-12H2,1-4H3. The van der Waals surface area contributed by atoms with Gasteiger partial charge >= 0.3 is 0 Å². The summed E-state index contributed by atoms with van der Waals surface area (Å²) >= 11 is 1.40. The van der Waals surface area contributed by atoms with E-state index in [9.17, 15) is 4.79 Å². The number of carbonyl (C=O) groups is 1. The van der Waals surface area contributed by atoms with Crippen LogP contribution in [0.2, 0.25) is 0 Å². The van der Waals surface area contributed by atoms with E-state index in [0.717, 1.165) is 24.3 Å². The van der Waals surface area contributed by atoms with E-state index in [4.69, 9.17) is 14.5 Å². The zero-order valence-corrected chi connectivity index (χ0v) is 17.9. The first-order chi connectivity index (χ1) is 14.1. The van der Waals surface area contributed by atoms with E-state index in [1.165, 1.54) is 23.7 Å². The van der Waals surface area contributed by atoms with Gasteiger partial charge in [0.1, 0.15) is 27.4 Å². The van der Waals surface area contributed by atoms with Crippen molar-refractivity contribution < 1.29 is 14.3 Å². The minimum absolute atomic E-state index is 0.234. The summed E-state index contributed by atoms with van der Waals surface area (Å²) in [6, 6.07) is 3.66. The molecule has 0 saturated carbocycles. The lowest BCUT2D eigenvalue weighted by atomic mass is 10.3. The van der Waals surface area contributed by atoms with Crippen LogP contribution in [0, 0.1) is 0 Å². The first-order valence-electron chi connectivity index (χ1n) is 9.44. The highest BCUT2D eigenvalue weighted by Crippen LogP contribution is 2.40. The Kier molecular flexibility index (Phi) is 6.95. The van der Waals surface area contributed by atoms with Crippen molar-refractivity contribution in [3.63, 3.8) is 0 Å². The van der Waals surface area contributed by atoms with Crippen molar-refractivity contribution in [2.75, 3.05) is 45.3 Å². The number of carbonyl (C=O) groups excluding carboxylic acids is 1. The lowest BCUT2D eigenvalue weighted by Gasteiger charge is -2.24. The maximum atomic E-state index is 13.2. The Bertz CT molecular complexity index is 918. The van der Waals surface area contributed by atoms with Crippen molar-refractivity contribution in [3.8, 4) is 11.5 Å². The molecule has 0 spiro atoms. The minimum atomic E-state index is -0.234. The highest BCUT2D eigenvalue weighted by molar-refractivity contribution is 7.22. The molecule has 0 aliphatic heterocycles. The maximum absolute atomic E-state index is 13.2. The van der Waals surface area contributed by atoms with Crippen molar-refractivity contribution in [1.82, 2.24) is 19.9 Å². The molecule has 2 heterocycles. The van der Waals surface area contributed by atoms with Gasteiger partial charge in [0.15, 0.2) is 5.13 Å². The van der Waals surface area contributed by atoms with E-state index in [2.05, 4.69) is 28.7 Å². The van der Waals surface area contributed by atoms with Gasteiger partial charge in [0.25, 0.3) is 5.91 Å². The van der Waals surface area contributed by atoms with Gasteiger partial charge in [-0.3, -0.25) is 14.7 Å². The largest absolute Gasteiger partial charge is 0.495 e. The van der Waals surface area contributed by atoms with E-state index >= 15 is 0 Å². The third-order valence-electron chi connectivity index (χ3n) is 4.69. The average Bonchev–Trinajstić information content (AvgIpc) is 3.21. The average molecular weight is 416 g/mol. The van der Waals surface area contributed by atoms with Crippen LogP contribution in [0.1, 0.15) is 24.3 Å².